The van der Waals surface area contributed by atoms with Gasteiger partial charge in [-0.2, -0.15) is 0 Å². The Balaban J connectivity index is 1.82. The number of rotatable bonds is 5. The van der Waals surface area contributed by atoms with Crippen LogP contribution in [0.4, 0.5) is 0 Å². The van der Waals surface area contributed by atoms with Gasteiger partial charge in [-0.3, -0.25) is 0 Å². The maximum absolute atomic E-state index is 6.24. The fraction of sp³-hybridized carbons (Fsp3) is 0.647. The molecule has 2 nitrogen and oxygen atoms in total. The van der Waals surface area contributed by atoms with Crippen LogP contribution in [0, 0.1) is 0 Å². The first kappa shape index (κ1) is 15.8. The molecule has 0 aliphatic carbocycles. The fourth-order valence-electron chi connectivity index (χ4n) is 3.09. The highest BCUT2D eigenvalue weighted by Crippen LogP contribution is 2.18. The molecule has 1 heterocycles. The van der Waals surface area contributed by atoms with Crippen molar-refractivity contribution in [3.05, 3.63) is 34.9 Å². The topological polar surface area (TPSA) is 15.3 Å². The van der Waals surface area contributed by atoms with Crippen LogP contribution in [-0.2, 0) is 6.42 Å². The summed E-state index contributed by atoms with van der Waals surface area (Å²) < 4.78 is 0. The third-order valence-electron chi connectivity index (χ3n) is 4.27. The van der Waals surface area contributed by atoms with Crippen molar-refractivity contribution in [2.75, 3.05) is 19.6 Å². The van der Waals surface area contributed by atoms with Crippen molar-refractivity contribution >= 4 is 11.6 Å². The summed E-state index contributed by atoms with van der Waals surface area (Å²) in [4.78, 5) is 2.56. The van der Waals surface area contributed by atoms with Crippen LogP contribution in [0.25, 0.3) is 0 Å². The summed E-state index contributed by atoms with van der Waals surface area (Å²) in [6, 6.07) is 9.31. The highest BCUT2D eigenvalue weighted by Gasteiger charge is 2.17. The average Bonchev–Trinajstić information content (AvgIpc) is 2.66. The predicted molar refractivity (Wildman–Crippen MR) is 87.5 cm³/mol. The van der Waals surface area contributed by atoms with Crippen LogP contribution in [0.1, 0.15) is 38.7 Å². The zero-order chi connectivity index (χ0) is 14.4. The van der Waals surface area contributed by atoms with Gasteiger partial charge in [-0.15, -0.1) is 0 Å². The standard InChI is InChI=1S/C17H27ClN2/c1-3-20-11-6-8-16(10-12-20)19-14(2)13-15-7-4-5-9-17(15)18/h4-5,7,9,14,16,19H,3,6,8,10-13H2,1-2H3. The predicted octanol–water partition coefficient (Wildman–Crippen LogP) is 3.74. The molecular formula is C17H27ClN2. The maximum Gasteiger partial charge on any atom is 0.0438 e. The molecule has 0 spiro atoms. The van der Waals surface area contributed by atoms with E-state index in [9.17, 15) is 0 Å². The highest BCUT2D eigenvalue weighted by molar-refractivity contribution is 6.31. The number of hydrogen-bond donors (Lipinski definition) is 1. The van der Waals surface area contributed by atoms with Crippen LogP contribution in [-0.4, -0.2) is 36.6 Å². The largest absolute Gasteiger partial charge is 0.311 e. The van der Waals surface area contributed by atoms with Crippen LogP contribution in [0.5, 0.6) is 0 Å². The van der Waals surface area contributed by atoms with Crippen molar-refractivity contribution in [1.82, 2.24) is 10.2 Å². The molecule has 0 radical (unpaired) electrons. The summed E-state index contributed by atoms with van der Waals surface area (Å²) in [5.41, 5.74) is 1.25. The van der Waals surface area contributed by atoms with E-state index < -0.39 is 0 Å². The van der Waals surface area contributed by atoms with Crippen LogP contribution in [0.2, 0.25) is 5.02 Å². The van der Waals surface area contributed by atoms with E-state index >= 15 is 0 Å². The Morgan fingerprint density at radius 1 is 1.30 bits per heavy atom. The number of halogens is 1. The van der Waals surface area contributed by atoms with Gasteiger partial charge in [0.2, 0.25) is 0 Å². The lowest BCUT2D eigenvalue weighted by Gasteiger charge is -2.23. The molecule has 1 N–H and O–H groups in total. The van der Waals surface area contributed by atoms with E-state index in [1.165, 1.54) is 44.5 Å². The van der Waals surface area contributed by atoms with Gasteiger partial charge in [0.1, 0.15) is 0 Å². The van der Waals surface area contributed by atoms with Gasteiger partial charge in [0.25, 0.3) is 0 Å². The van der Waals surface area contributed by atoms with Crippen molar-refractivity contribution in [2.45, 2.75) is 51.6 Å². The van der Waals surface area contributed by atoms with Gasteiger partial charge in [0, 0.05) is 17.1 Å². The van der Waals surface area contributed by atoms with Gasteiger partial charge in [-0.25, -0.2) is 0 Å². The molecule has 2 atom stereocenters. The lowest BCUT2D eigenvalue weighted by molar-refractivity contribution is 0.295. The van der Waals surface area contributed by atoms with E-state index in [-0.39, 0.29) is 0 Å². The van der Waals surface area contributed by atoms with Gasteiger partial charge in [-0.05, 0) is 63.9 Å². The number of hydrogen-bond acceptors (Lipinski definition) is 2. The minimum atomic E-state index is 0.480. The molecule has 1 aliphatic heterocycles. The second-order valence-corrected chi connectivity index (χ2v) is 6.33. The third kappa shape index (κ3) is 4.76. The third-order valence-corrected chi connectivity index (χ3v) is 4.64. The normalized spacial score (nSPS) is 22.4. The Bertz CT molecular complexity index is 408. The first-order valence-corrected chi connectivity index (χ1v) is 8.28. The second kappa shape index (κ2) is 8.02. The fourth-order valence-corrected chi connectivity index (χ4v) is 3.31. The molecule has 2 rings (SSSR count). The first-order chi connectivity index (χ1) is 9.69. The molecule has 2 unspecified atom stereocenters. The van der Waals surface area contributed by atoms with E-state index in [4.69, 9.17) is 11.6 Å². The quantitative estimate of drug-likeness (QED) is 0.890. The van der Waals surface area contributed by atoms with E-state index in [0.717, 1.165) is 11.4 Å². The smallest absolute Gasteiger partial charge is 0.0438 e. The minimum absolute atomic E-state index is 0.480. The van der Waals surface area contributed by atoms with Crippen LogP contribution >= 0.6 is 11.6 Å². The highest BCUT2D eigenvalue weighted by atomic mass is 35.5. The number of benzene rings is 1. The molecule has 0 amide bonds. The molecule has 1 saturated heterocycles. The van der Waals surface area contributed by atoms with Crippen molar-refractivity contribution < 1.29 is 0 Å². The molecule has 20 heavy (non-hydrogen) atoms. The van der Waals surface area contributed by atoms with E-state index in [1.807, 2.05) is 12.1 Å². The number of likely N-dealkylation sites (tertiary alicyclic amines) is 1. The zero-order valence-electron chi connectivity index (χ0n) is 12.7. The van der Waals surface area contributed by atoms with Gasteiger partial charge in [0.05, 0.1) is 0 Å². The monoisotopic (exact) mass is 294 g/mol. The van der Waals surface area contributed by atoms with E-state index in [2.05, 4.69) is 36.2 Å². The zero-order valence-corrected chi connectivity index (χ0v) is 13.5. The molecule has 0 aromatic heterocycles. The Hall–Kier alpha value is -0.570. The molecule has 1 aromatic carbocycles. The molecule has 112 valence electrons. The maximum atomic E-state index is 6.24. The molecule has 1 fully saturated rings. The molecule has 0 bridgehead atoms. The summed E-state index contributed by atoms with van der Waals surface area (Å²) in [6.07, 6.45) is 4.88. The van der Waals surface area contributed by atoms with E-state index in [1.54, 1.807) is 0 Å². The molecule has 1 aromatic rings. The average molecular weight is 295 g/mol. The lowest BCUT2D eigenvalue weighted by Crippen LogP contribution is -2.38. The molecular weight excluding hydrogens is 268 g/mol. The minimum Gasteiger partial charge on any atom is -0.311 e. The van der Waals surface area contributed by atoms with Gasteiger partial charge in [-0.1, -0.05) is 36.7 Å². The number of nitrogens with zero attached hydrogens (tertiary/aromatic N) is 1. The van der Waals surface area contributed by atoms with Crippen molar-refractivity contribution in [2.24, 2.45) is 0 Å². The second-order valence-electron chi connectivity index (χ2n) is 5.93. The van der Waals surface area contributed by atoms with Crippen LogP contribution in [0.3, 0.4) is 0 Å². The summed E-state index contributed by atoms with van der Waals surface area (Å²) in [5, 5.41) is 4.68. The molecule has 1 aliphatic rings. The van der Waals surface area contributed by atoms with Crippen molar-refractivity contribution in [3.63, 3.8) is 0 Å². The SMILES string of the molecule is CCN1CCCC(NC(C)Cc2ccccc2Cl)CC1. The Labute approximate surface area is 128 Å². The van der Waals surface area contributed by atoms with Crippen molar-refractivity contribution in [3.8, 4) is 0 Å². The summed E-state index contributed by atoms with van der Waals surface area (Å²) in [7, 11) is 0. The van der Waals surface area contributed by atoms with Crippen LogP contribution in [0.15, 0.2) is 24.3 Å². The summed E-state index contributed by atoms with van der Waals surface area (Å²) >= 11 is 6.24. The number of nitrogens with one attached hydrogen (secondary N) is 1. The lowest BCUT2D eigenvalue weighted by atomic mass is 10.0. The Kier molecular flexibility index (Phi) is 6.34. The first-order valence-electron chi connectivity index (χ1n) is 7.91. The summed E-state index contributed by atoms with van der Waals surface area (Å²) in [6.45, 7) is 8.20. The Morgan fingerprint density at radius 2 is 2.10 bits per heavy atom. The van der Waals surface area contributed by atoms with Crippen LogP contribution < -0.4 is 5.32 Å². The molecule has 0 saturated carbocycles. The van der Waals surface area contributed by atoms with E-state index in [0.29, 0.717) is 12.1 Å². The summed E-state index contributed by atoms with van der Waals surface area (Å²) in [5.74, 6) is 0. The Morgan fingerprint density at radius 3 is 2.85 bits per heavy atom. The van der Waals surface area contributed by atoms with Gasteiger partial charge < -0.3 is 10.2 Å². The van der Waals surface area contributed by atoms with Gasteiger partial charge in [0.15, 0.2) is 0 Å². The van der Waals surface area contributed by atoms with Gasteiger partial charge >= 0.3 is 0 Å². The molecule has 3 heteroatoms. The van der Waals surface area contributed by atoms with Crippen molar-refractivity contribution in [1.29, 1.82) is 0 Å².